The Kier molecular flexibility index (Phi) is 6.56. The van der Waals surface area contributed by atoms with Crippen LogP contribution >= 0.6 is 0 Å². The van der Waals surface area contributed by atoms with Gasteiger partial charge in [-0.25, -0.2) is 4.68 Å². The first-order chi connectivity index (χ1) is 18.4. The molecule has 0 unspecified atom stereocenters. The predicted octanol–water partition coefficient (Wildman–Crippen LogP) is 10.1. The molecule has 2 heteroatoms. The third-order valence-electron chi connectivity index (χ3n) is 13.1. The second-order valence-electron chi connectivity index (χ2n) is 15.8. The molecule has 6 rings (SSSR count). The fourth-order valence-corrected chi connectivity index (χ4v) is 11.0. The van der Waals surface area contributed by atoms with Gasteiger partial charge in [0.15, 0.2) is 0 Å². The third-order valence-corrected chi connectivity index (χ3v) is 13.1. The average molecular weight is 527 g/mol. The molecule has 0 saturated heterocycles. The number of para-hydroxylation sites is 1. The SMILES string of the molecule is CC(C)CCC[C@H](C)[C@H]1CC[C@@]2(C)C3=C(CC[C@]12C)[C@@]1(C)Cc2cnn(-c4ccccc4)c2C(C)(C)[C@@H]1CC3. The van der Waals surface area contributed by atoms with Crippen molar-refractivity contribution in [1.82, 2.24) is 9.78 Å². The van der Waals surface area contributed by atoms with Gasteiger partial charge in [0.05, 0.1) is 17.6 Å². The van der Waals surface area contributed by atoms with Crippen molar-refractivity contribution in [2.45, 2.75) is 125 Å². The van der Waals surface area contributed by atoms with E-state index in [1.807, 2.05) is 11.1 Å². The molecule has 0 spiro atoms. The van der Waals surface area contributed by atoms with E-state index in [1.54, 1.807) is 0 Å². The van der Waals surface area contributed by atoms with E-state index in [0.717, 1.165) is 24.2 Å². The van der Waals surface area contributed by atoms with Gasteiger partial charge in [-0.3, -0.25) is 0 Å². The van der Waals surface area contributed by atoms with E-state index in [2.05, 4.69) is 96.6 Å². The van der Waals surface area contributed by atoms with Crippen molar-refractivity contribution >= 4 is 0 Å². The second-order valence-corrected chi connectivity index (χ2v) is 15.8. The normalized spacial score (nSPS) is 35.8. The number of fused-ring (bicyclic) bond motifs is 5. The molecule has 0 aliphatic heterocycles. The zero-order valence-electron chi connectivity index (χ0n) is 26.2. The van der Waals surface area contributed by atoms with Gasteiger partial charge >= 0.3 is 0 Å². The molecule has 4 aliphatic carbocycles. The molecule has 0 radical (unpaired) electrons. The fourth-order valence-electron chi connectivity index (χ4n) is 11.0. The maximum absolute atomic E-state index is 5.00. The molecule has 0 bridgehead atoms. The van der Waals surface area contributed by atoms with Gasteiger partial charge in [0, 0.05) is 5.41 Å². The van der Waals surface area contributed by atoms with Crippen LogP contribution in [0.3, 0.4) is 0 Å². The van der Waals surface area contributed by atoms with Crippen molar-refractivity contribution in [1.29, 1.82) is 0 Å². The second kappa shape index (κ2) is 9.35. The predicted molar refractivity (Wildman–Crippen MR) is 164 cm³/mol. The van der Waals surface area contributed by atoms with E-state index >= 15 is 0 Å². The largest absolute Gasteiger partial charge is 0.237 e. The monoisotopic (exact) mass is 526 g/mol. The number of hydrogen-bond donors (Lipinski definition) is 0. The first-order valence-electron chi connectivity index (χ1n) is 16.3. The van der Waals surface area contributed by atoms with Gasteiger partial charge in [-0.05, 0) is 103 Å². The zero-order valence-corrected chi connectivity index (χ0v) is 26.2. The lowest BCUT2D eigenvalue weighted by Gasteiger charge is -2.61. The molecule has 0 N–H and O–H groups in total. The molecule has 1 aromatic heterocycles. The molecule has 2 nitrogen and oxygen atoms in total. The lowest BCUT2D eigenvalue weighted by atomic mass is 9.43. The number of hydrogen-bond acceptors (Lipinski definition) is 1. The van der Waals surface area contributed by atoms with E-state index in [-0.39, 0.29) is 10.8 Å². The maximum Gasteiger partial charge on any atom is 0.0649 e. The topological polar surface area (TPSA) is 17.8 Å². The molecule has 1 aromatic carbocycles. The third kappa shape index (κ3) is 3.89. The van der Waals surface area contributed by atoms with Gasteiger partial charge in [-0.15, -0.1) is 0 Å². The summed E-state index contributed by atoms with van der Waals surface area (Å²) in [4.78, 5) is 0. The van der Waals surface area contributed by atoms with Gasteiger partial charge in [0.1, 0.15) is 0 Å². The highest BCUT2D eigenvalue weighted by Crippen LogP contribution is 2.72. The molecular formula is C37H54N2. The minimum Gasteiger partial charge on any atom is -0.237 e. The summed E-state index contributed by atoms with van der Waals surface area (Å²) in [6.07, 6.45) is 15.8. The van der Waals surface area contributed by atoms with E-state index in [1.165, 1.54) is 74.7 Å². The average Bonchev–Trinajstić information content (AvgIpc) is 3.43. The summed E-state index contributed by atoms with van der Waals surface area (Å²) < 4.78 is 2.26. The van der Waals surface area contributed by atoms with Gasteiger partial charge in [-0.1, -0.05) is 104 Å². The van der Waals surface area contributed by atoms with E-state index < -0.39 is 0 Å². The fraction of sp³-hybridized carbons (Fsp3) is 0.703. The summed E-state index contributed by atoms with van der Waals surface area (Å²) in [7, 11) is 0. The standard InChI is InChI=1S/C37H54N2/c1-25(2)13-12-14-26(3)29-19-21-37(8)31-17-18-32-34(4,5)33-27(24-38-39(33)28-15-10-9-11-16-28)23-35(32,6)30(31)20-22-36(29,37)7/h9-11,15-16,24-26,29,32H,12-14,17-23H2,1-8H3/t26-,29+,32-,35+,36+,37-/m0/s1. The Morgan fingerprint density at radius 2 is 1.64 bits per heavy atom. The van der Waals surface area contributed by atoms with Crippen LogP contribution in [0.1, 0.15) is 124 Å². The first kappa shape index (κ1) is 27.3. The Balaban J connectivity index is 1.35. The van der Waals surface area contributed by atoms with Crippen LogP contribution in [-0.2, 0) is 11.8 Å². The zero-order chi connectivity index (χ0) is 27.8. The van der Waals surface area contributed by atoms with Crippen molar-refractivity contribution in [3.63, 3.8) is 0 Å². The van der Waals surface area contributed by atoms with Crippen LogP contribution in [0.15, 0.2) is 47.7 Å². The minimum absolute atomic E-state index is 0.0952. The van der Waals surface area contributed by atoms with Gasteiger partial charge < -0.3 is 0 Å². The van der Waals surface area contributed by atoms with Crippen LogP contribution in [0.4, 0.5) is 0 Å². The minimum atomic E-state index is 0.0952. The summed E-state index contributed by atoms with van der Waals surface area (Å²) in [5.74, 6) is 3.23. The first-order valence-corrected chi connectivity index (χ1v) is 16.3. The van der Waals surface area contributed by atoms with Crippen LogP contribution in [-0.4, -0.2) is 9.78 Å². The lowest BCUT2D eigenvalue weighted by Crippen LogP contribution is -2.54. The van der Waals surface area contributed by atoms with Gasteiger partial charge in [-0.2, -0.15) is 5.10 Å². The van der Waals surface area contributed by atoms with Crippen molar-refractivity contribution in [2.75, 3.05) is 0 Å². The van der Waals surface area contributed by atoms with Crippen molar-refractivity contribution < 1.29 is 0 Å². The molecule has 2 aromatic rings. The van der Waals surface area contributed by atoms with E-state index in [0.29, 0.717) is 16.7 Å². The number of nitrogens with zero attached hydrogens (tertiary/aromatic N) is 2. The smallest absolute Gasteiger partial charge is 0.0649 e. The van der Waals surface area contributed by atoms with Crippen molar-refractivity contribution in [3.05, 3.63) is 58.9 Å². The number of aromatic nitrogens is 2. The molecule has 1 saturated carbocycles. The molecular weight excluding hydrogens is 472 g/mol. The molecule has 1 heterocycles. The highest BCUT2D eigenvalue weighted by Gasteiger charge is 2.63. The highest BCUT2D eigenvalue weighted by molar-refractivity contribution is 5.46. The Bertz CT molecular complexity index is 1250. The van der Waals surface area contributed by atoms with Crippen LogP contribution in [0.25, 0.3) is 5.69 Å². The maximum atomic E-state index is 5.00. The summed E-state index contributed by atoms with van der Waals surface area (Å²) >= 11 is 0. The summed E-state index contributed by atoms with van der Waals surface area (Å²) in [5.41, 5.74) is 9.11. The van der Waals surface area contributed by atoms with Crippen LogP contribution in [0.5, 0.6) is 0 Å². The molecule has 6 atom stereocenters. The summed E-state index contributed by atoms with van der Waals surface area (Å²) in [5, 5.41) is 5.00. The molecule has 212 valence electrons. The Morgan fingerprint density at radius 3 is 2.36 bits per heavy atom. The van der Waals surface area contributed by atoms with Crippen LogP contribution < -0.4 is 0 Å². The number of benzene rings is 1. The van der Waals surface area contributed by atoms with E-state index in [4.69, 9.17) is 5.10 Å². The Labute approximate surface area is 239 Å². The molecule has 0 amide bonds. The van der Waals surface area contributed by atoms with Crippen molar-refractivity contribution in [2.24, 2.45) is 39.9 Å². The Hall–Kier alpha value is -1.83. The van der Waals surface area contributed by atoms with Gasteiger partial charge in [0.25, 0.3) is 0 Å². The molecule has 1 fully saturated rings. The van der Waals surface area contributed by atoms with Gasteiger partial charge in [0.2, 0.25) is 0 Å². The summed E-state index contributed by atoms with van der Waals surface area (Å²) in [6.45, 7) is 20.5. The van der Waals surface area contributed by atoms with Crippen LogP contribution in [0, 0.1) is 39.9 Å². The summed E-state index contributed by atoms with van der Waals surface area (Å²) in [6, 6.07) is 10.8. The van der Waals surface area contributed by atoms with E-state index in [9.17, 15) is 0 Å². The lowest BCUT2D eigenvalue weighted by molar-refractivity contribution is 0.0133. The Morgan fingerprint density at radius 1 is 0.897 bits per heavy atom. The number of allylic oxidation sites excluding steroid dienone is 2. The number of rotatable bonds is 6. The molecule has 4 aliphatic rings. The van der Waals surface area contributed by atoms with Crippen molar-refractivity contribution in [3.8, 4) is 5.69 Å². The molecule has 39 heavy (non-hydrogen) atoms. The highest BCUT2D eigenvalue weighted by atomic mass is 15.3. The quantitative estimate of drug-likeness (QED) is 0.342. The van der Waals surface area contributed by atoms with Crippen LogP contribution in [0.2, 0.25) is 0 Å².